The van der Waals surface area contributed by atoms with Gasteiger partial charge in [-0.1, -0.05) is 23.9 Å². The Hall–Kier alpha value is -2.65. The van der Waals surface area contributed by atoms with Gasteiger partial charge in [0.05, 0.1) is 23.1 Å². The molecule has 146 valence electrons. The second-order valence-corrected chi connectivity index (χ2v) is 8.14. The Morgan fingerprint density at radius 1 is 1.32 bits per heavy atom. The fourth-order valence-corrected chi connectivity index (χ4v) is 4.67. The lowest BCUT2D eigenvalue weighted by Gasteiger charge is -2.09. The van der Waals surface area contributed by atoms with E-state index in [0.29, 0.717) is 49.4 Å². The van der Waals surface area contributed by atoms with E-state index >= 15 is 0 Å². The summed E-state index contributed by atoms with van der Waals surface area (Å²) in [7, 11) is 1.53. The minimum Gasteiger partial charge on any atom is -0.495 e. The summed E-state index contributed by atoms with van der Waals surface area (Å²) in [6, 6.07) is 7.11. The lowest BCUT2D eigenvalue weighted by atomic mass is 10.2. The third-order valence-corrected chi connectivity index (χ3v) is 6.09. The summed E-state index contributed by atoms with van der Waals surface area (Å²) in [5, 5.41) is 3.67. The van der Waals surface area contributed by atoms with Crippen LogP contribution in [0, 0.1) is 6.92 Å². The largest absolute Gasteiger partial charge is 0.495 e. The average molecular weight is 418 g/mol. The van der Waals surface area contributed by atoms with Crippen LogP contribution in [-0.4, -0.2) is 34.5 Å². The number of carbonyl (C=O) groups is 2. The monoisotopic (exact) mass is 417 g/mol. The molecular formula is C19H19N3O4S2. The number of hydrogen-bond acceptors (Lipinski definition) is 7. The number of amides is 1. The first-order valence-electron chi connectivity index (χ1n) is 8.50. The Kier molecular flexibility index (Phi) is 6.15. The minimum absolute atomic E-state index is 0.0817. The van der Waals surface area contributed by atoms with E-state index in [0.717, 1.165) is 0 Å². The van der Waals surface area contributed by atoms with Crippen molar-refractivity contribution in [2.75, 3.05) is 18.2 Å². The summed E-state index contributed by atoms with van der Waals surface area (Å²) in [6.45, 7) is 3.25. The number of hydrogen-bond donors (Lipinski definition) is 2. The van der Waals surface area contributed by atoms with Gasteiger partial charge in [-0.2, -0.15) is 0 Å². The second kappa shape index (κ2) is 8.57. The number of benzene rings is 1. The van der Waals surface area contributed by atoms with Crippen LogP contribution in [0.1, 0.15) is 28.6 Å². The lowest BCUT2D eigenvalue weighted by Crippen LogP contribution is -2.13. The number of nitrogens with zero attached hydrogens (tertiary/aromatic N) is 1. The van der Waals surface area contributed by atoms with E-state index in [9.17, 15) is 14.4 Å². The maximum atomic E-state index is 12.8. The van der Waals surface area contributed by atoms with Crippen LogP contribution in [0.3, 0.4) is 0 Å². The van der Waals surface area contributed by atoms with Gasteiger partial charge in [0.25, 0.3) is 11.5 Å². The van der Waals surface area contributed by atoms with Crippen molar-refractivity contribution in [3.63, 3.8) is 0 Å². The zero-order valence-electron chi connectivity index (χ0n) is 15.6. The number of thiophene rings is 1. The lowest BCUT2D eigenvalue weighted by molar-refractivity contribution is -0.116. The number of anilines is 1. The van der Waals surface area contributed by atoms with Gasteiger partial charge < -0.3 is 15.0 Å². The van der Waals surface area contributed by atoms with Crippen LogP contribution in [0.25, 0.3) is 10.2 Å². The molecule has 0 fully saturated rings. The molecule has 0 radical (unpaired) electrons. The van der Waals surface area contributed by atoms with E-state index in [1.165, 1.54) is 37.1 Å². The first-order valence-corrected chi connectivity index (χ1v) is 10.3. The topological polar surface area (TPSA) is 101 Å². The number of para-hydroxylation sites is 2. The predicted octanol–water partition coefficient (Wildman–Crippen LogP) is 3.63. The van der Waals surface area contributed by atoms with Gasteiger partial charge in [0.1, 0.15) is 16.4 Å². The highest BCUT2D eigenvalue weighted by molar-refractivity contribution is 7.99. The van der Waals surface area contributed by atoms with Gasteiger partial charge in [-0.3, -0.25) is 14.4 Å². The highest BCUT2D eigenvalue weighted by Crippen LogP contribution is 2.30. The maximum Gasteiger partial charge on any atom is 0.266 e. The molecule has 0 aliphatic rings. The molecule has 0 aliphatic carbocycles. The number of aryl methyl sites for hydroxylation is 1. The molecule has 2 aromatic heterocycles. The SMILES string of the molecule is COc1ccccc1NC(=O)c1sc2nc(SCCC(C)=O)[nH]c(=O)c2c1C. The molecular weight excluding hydrogens is 398 g/mol. The Morgan fingerprint density at radius 2 is 2.07 bits per heavy atom. The van der Waals surface area contributed by atoms with Crippen molar-refractivity contribution in [1.82, 2.24) is 9.97 Å². The number of ketones is 1. The molecule has 0 saturated carbocycles. The van der Waals surface area contributed by atoms with E-state index in [1.807, 2.05) is 6.07 Å². The zero-order chi connectivity index (χ0) is 20.3. The third-order valence-electron chi connectivity index (χ3n) is 4.03. The van der Waals surface area contributed by atoms with Crippen molar-refractivity contribution in [3.05, 3.63) is 45.1 Å². The van der Waals surface area contributed by atoms with Gasteiger partial charge in [-0.25, -0.2) is 4.98 Å². The number of rotatable bonds is 7. The normalized spacial score (nSPS) is 10.8. The van der Waals surface area contributed by atoms with E-state index in [4.69, 9.17) is 4.74 Å². The summed E-state index contributed by atoms with van der Waals surface area (Å²) >= 11 is 2.48. The van der Waals surface area contributed by atoms with E-state index in [-0.39, 0.29) is 17.2 Å². The molecule has 1 aromatic carbocycles. The number of carbonyl (C=O) groups excluding carboxylic acids is 2. The fourth-order valence-electron chi connectivity index (χ4n) is 2.63. The first-order chi connectivity index (χ1) is 13.4. The number of Topliss-reactive ketones (excluding diaryl/α,β-unsaturated/α-hetero) is 1. The van der Waals surface area contributed by atoms with Gasteiger partial charge in [0.2, 0.25) is 0 Å². The molecule has 3 rings (SSSR count). The van der Waals surface area contributed by atoms with Gasteiger partial charge in [0, 0.05) is 12.2 Å². The van der Waals surface area contributed by atoms with Crippen molar-refractivity contribution in [1.29, 1.82) is 0 Å². The van der Waals surface area contributed by atoms with Crippen LogP contribution in [0.15, 0.2) is 34.2 Å². The standard InChI is InChI=1S/C19H19N3O4S2/c1-10(23)8-9-27-19-21-16(24)14-11(2)15(28-18(14)22-19)17(25)20-12-6-4-5-7-13(12)26-3/h4-7H,8-9H2,1-3H3,(H,20,25)(H,21,22,24). The molecule has 9 heteroatoms. The number of thioether (sulfide) groups is 1. The molecule has 28 heavy (non-hydrogen) atoms. The highest BCUT2D eigenvalue weighted by Gasteiger charge is 2.20. The number of fused-ring (bicyclic) bond motifs is 1. The third kappa shape index (κ3) is 4.26. The second-order valence-electron chi connectivity index (χ2n) is 6.06. The molecule has 0 aliphatic heterocycles. The Balaban J connectivity index is 1.90. The molecule has 7 nitrogen and oxygen atoms in total. The van der Waals surface area contributed by atoms with Gasteiger partial charge in [0.15, 0.2) is 5.16 Å². The number of aromatic nitrogens is 2. The Bertz CT molecular complexity index is 1100. The molecule has 0 spiro atoms. The summed E-state index contributed by atoms with van der Waals surface area (Å²) in [5.74, 6) is 0.845. The molecule has 3 aromatic rings. The van der Waals surface area contributed by atoms with Crippen LogP contribution in [0.4, 0.5) is 5.69 Å². The molecule has 0 bridgehead atoms. The van der Waals surface area contributed by atoms with E-state index in [1.54, 1.807) is 25.1 Å². The van der Waals surface area contributed by atoms with Gasteiger partial charge >= 0.3 is 0 Å². The minimum atomic E-state index is -0.324. The van der Waals surface area contributed by atoms with Crippen molar-refractivity contribution in [2.45, 2.75) is 25.4 Å². The van der Waals surface area contributed by atoms with Crippen molar-refractivity contribution in [3.8, 4) is 5.75 Å². The highest BCUT2D eigenvalue weighted by atomic mass is 32.2. The van der Waals surface area contributed by atoms with E-state index in [2.05, 4.69) is 15.3 Å². The molecule has 0 saturated heterocycles. The number of H-pyrrole nitrogens is 1. The van der Waals surface area contributed by atoms with Crippen molar-refractivity contribution >= 4 is 50.7 Å². The van der Waals surface area contributed by atoms with Gasteiger partial charge in [-0.05, 0) is 31.5 Å². The quantitative estimate of drug-likeness (QED) is 0.450. The number of aromatic amines is 1. The van der Waals surface area contributed by atoms with Gasteiger partial charge in [-0.15, -0.1) is 11.3 Å². The van der Waals surface area contributed by atoms with E-state index < -0.39 is 0 Å². The summed E-state index contributed by atoms with van der Waals surface area (Å²) in [4.78, 5) is 44.4. The zero-order valence-corrected chi connectivity index (χ0v) is 17.3. The Labute approximate surface area is 169 Å². The van der Waals surface area contributed by atoms with Crippen LogP contribution in [0.2, 0.25) is 0 Å². The number of methoxy groups -OCH3 is 1. The van der Waals surface area contributed by atoms with Crippen LogP contribution in [-0.2, 0) is 4.79 Å². The summed E-state index contributed by atoms with van der Waals surface area (Å²) < 4.78 is 5.26. The van der Waals surface area contributed by atoms with Crippen LogP contribution in [0.5, 0.6) is 5.75 Å². The van der Waals surface area contributed by atoms with Crippen LogP contribution >= 0.6 is 23.1 Å². The molecule has 2 heterocycles. The van der Waals surface area contributed by atoms with Crippen LogP contribution < -0.4 is 15.6 Å². The summed E-state index contributed by atoms with van der Waals surface area (Å²) in [5.41, 5.74) is 0.844. The van der Waals surface area contributed by atoms with Crippen molar-refractivity contribution in [2.24, 2.45) is 0 Å². The summed E-state index contributed by atoms with van der Waals surface area (Å²) in [6.07, 6.45) is 0.405. The number of ether oxygens (including phenoxy) is 1. The molecule has 0 atom stereocenters. The average Bonchev–Trinajstić information content (AvgIpc) is 2.99. The predicted molar refractivity (Wildman–Crippen MR) is 112 cm³/mol. The maximum absolute atomic E-state index is 12.8. The fraction of sp³-hybridized carbons (Fsp3) is 0.263. The number of nitrogens with one attached hydrogen (secondary N) is 2. The first kappa shape index (κ1) is 20.1. The van der Waals surface area contributed by atoms with Crippen molar-refractivity contribution < 1.29 is 14.3 Å². The molecule has 2 N–H and O–H groups in total. The Morgan fingerprint density at radius 3 is 2.79 bits per heavy atom. The molecule has 0 unspecified atom stereocenters. The smallest absolute Gasteiger partial charge is 0.266 e. The molecule has 1 amide bonds.